The van der Waals surface area contributed by atoms with Crippen LogP contribution in [0.5, 0.6) is 11.5 Å². The smallest absolute Gasteiger partial charge is 0.408 e. The third kappa shape index (κ3) is 7.94. The van der Waals surface area contributed by atoms with Gasteiger partial charge >= 0.3 is 12.1 Å². The van der Waals surface area contributed by atoms with E-state index < -0.39 is 53.2 Å². The number of aromatic nitrogens is 1. The van der Waals surface area contributed by atoms with Crippen LogP contribution in [0.4, 0.5) is 4.79 Å². The number of nitrogens with zero attached hydrogens (tertiary/aromatic N) is 2. The minimum Gasteiger partial charge on any atom is -0.496 e. The maximum absolute atomic E-state index is 14.4. The van der Waals surface area contributed by atoms with E-state index in [1.807, 2.05) is 51.1 Å². The Morgan fingerprint density at radius 1 is 1.14 bits per heavy atom. The number of allylic oxidation sites excluding steroid dienone is 1. The van der Waals surface area contributed by atoms with Crippen LogP contribution in [-0.4, -0.2) is 81.8 Å². The predicted octanol–water partition coefficient (Wildman–Crippen LogP) is 5.40. The number of alkyl carbamates (subject to hydrolysis) is 1. The minimum absolute atomic E-state index is 0.0583. The highest BCUT2D eigenvalue weighted by atomic mass is 16.6. The number of carbonyl (C=O) groups excluding carboxylic acids is 3. The number of fused-ring (bicyclic) bond motifs is 3. The van der Waals surface area contributed by atoms with Crippen molar-refractivity contribution >= 4 is 34.8 Å². The lowest BCUT2D eigenvalue weighted by atomic mass is 10.0. The van der Waals surface area contributed by atoms with Gasteiger partial charge < -0.3 is 34.9 Å². The average molecular weight is 679 g/mol. The number of pyridine rings is 1. The molecule has 0 spiro atoms. The zero-order chi connectivity index (χ0) is 35.7. The molecule has 266 valence electrons. The van der Waals surface area contributed by atoms with Crippen molar-refractivity contribution in [3.63, 3.8) is 0 Å². The number of methoxy groups -OCH3 is 1. The molecule has 49 heavy (non-hydrogen) atoms. The van der Waals surface area contributed by atoms with E-state index in [0.29, 0.717) is 24.3 Å². The Hall–Kier alpha value is -4.35. The van der Waals surface area contributed by atoms with E-state index in [2.05, 4.69) is 10.6 Å². The molecule has 1 aromatic carbocycles. The number of amides is 3. The Bertz CT molecular complexity index is 1630. The first-order valence-corrected chi connectivity index (χ1v) is 17.3. The van der Waals surface area contributed by atoms with Crippen molar-refractivity contribution in [2.45, 2.75) is 122 Å². The zero-order valence-electron chi connectivity index (χ0n) is 29.6. The summed E-state index contributed by atoms with van der Waals surface area (Å²) in [6.45, 7) is 11.3. The monoisotopic (exact) mass is 678 g/mol. The van der Waals surface area contributed by atoms with Crippen LogP contribution in [0.1, 0.15) is 96.7 Å². The largest absolute Gasteiger partial charge is 0.496 e. The first-order chi connectivity index (χ1) is 23.1. The van der Waals surface area contributed by atoms with Gasteiger partial charge in [-0.15, -0.1) is 0 Å². The molecule has 3 heterocycles. The molecule has 3 aliphatic rings. The first-order valence-electron chi connectivity index (χ1n) is 17.3. The Morgan fingerprint density at radius 2 is 1.90 bits per heavy atom. The van der Waals surface area contributed by atoms with E-state index >= 15 is 0 Å². The van der Waals surface area contributed by atoms with Crippen LogP contribution in [0.2, 0.25) is 0 Å². The lowest BCUT2D eigenvalue weighted by Crippen LogP contribution is -2.56. The van der Waals surface area contributed by atoms with Crippen LogP contribution in [0.25, 0.3) is 10.9 Å². The number of nitrogens with one attached hydrogen (secondary N) is 2. The summed E-state index contributed by atoms with van der Waals surface area (Å²) in [4.78, 5) is 60.1. The summed E-state index contributed by atoms with van der Waals surface area (Å²) >= 11 is 0. The number of carboxylic acids is 1. The number of rotatable bonds is 6. The molecule has 0 unspecified atom stereocenters. The molecular formula is C37H50N4O8. The maximum Gasteiger partial charge on any atom is 0.408 e. The molecule has 5 atom stereocenters. The predicted molar refractivity (Wildman–Crippen MR) is 184 cm³/mol. The van der Waals surface area contributed by atoms with Crippen LogP contribution in [-0.2, 0) is 19.1 Å². The summed E-state index contributed by atoms with van der Waals surface area (Å²) in [6, 6.07) is 3.67. The standard InChI is InChI=1S/C37H50N4O8/c1-21(2)27-18-30(25-15-16-29(47-7)22(3)31(25)38-27)48-24-17-28-32(42)40-37(34(44)45)19-23(37)13-11-9-8-10-12-14-26(33(43)41(28)20-24)39-35(46)49-36(4,5)6/h11,13,15-16,18,21,23-24,26,28H,8-10,12,14,17,19-20H2,1-7H3,(H,39,46)(H,40,42)(H,44,45)/b13-11-/t23-,24-,26+,28+,37-/m1/s1. The van der Waals surface area contributed by atoms with Crippen LogP contribution in [0.15, 0.2) is 30.4 Å². The summed E-state index contributed by atoms with van der Waals surface area (Å²) in [7, 11) is 1.61. The van der Waals surface area contributed by atoms with Crippen LogP contribution >= 0.6 is 0 Å². The Kier molecular flexibility index (Phi) is 10.5. The Balaban J connectivity index is 1.50. The van der Waals surface area contributed by atoms with Gasteiger partial charge in [0.1, 0.15) is 40.8 Å². The topological polar surface area (TPSA) is 156 Å². The number of hydrogen-bond donors (Lipinski definition) is 3. The van der Waals surface area contributed by atoms with Crippen molar-refractivity contribution in [3.8, 4) is 11.5 Å². The second-order valence-corrected chi connectivity index (χ2v) is 14.8. The van der Waals surface area contributed by atoms with Gasteiger partial charge in [0.25, 0.3) is 0 Å². The van der Waals surface area contributed by atoms with Gasteiger partial charge in [0, 0.05) is 35.0 Å². The van der Waals surface area contributed by atoms with E-state index in [-0.39, 0.29) is 31.2 Å². The van der Waals surface area contributed by atoms with Gasteiger partial charge in [0.15, 0.2) is 0 Å². The molecule has 0 radical (unpaired) electrons. The van der Waals surface area contributed by atoms with E-state index in [1.54, 1.807) is 27.9 Å². The highest BCUT2D eigenvalue weighted by Gasteiger charge is 2.61. The van der Waals surface area contributed by atoms with Gasteiger partial charge in [0.05, 0.1) is 19.2 Å². The molecule has 2 aliphatic heterocycles. The van der Waals surface area contributed by atoms with E-state index in [0.717, 1.165) is 41.4 Å². The molecule has 1 aromatic heterocycles. The average Bonchev–Trinajstić information content (AvgIpc) is 3.56. The van der Waals surface area contributed by atoms with Gasteiger partial charge in [0.2, 0.25) is 11.8 Å². The number of carbonyl (C=O) groups is 4. The summed E-state index contributed by atoms with van der Waals surface area (Å²) < 4.78 is 17.7. The molecule has 2 fully saturated rings. The van der Waals surface area contributed by atoms with Gasteiger partial charge in [-0.05, 0) is 71.4 Å². The van der Waals surface area contributed by atoms with Crippen LogP contribution < -0.4 is 20.1 Å². The van der Waals surface area contributed by atoms with Crippen molar-refractivity contribution in [1.82, 2.24) is 20.5 Å². The van der Waals surface area contributed by atoms with Gasteiger partial charge in [-0.25, -0.2) is 9.59 Å². The molecule has 0 bridgehead atoms. The second kappa shape index (κ2) is 14.2. The van der Waals surface area contributed by atoms with Crippen molar-refractivity contribution in [2.75, 3.05) is 13.7 Å². The minimum atomic E-state index is -1.43. The first kappa shape index (κ1) is 35.9. The maximum atomic E-state index is 14.4. The Morgan fingerprint density at radius 3 is 2.57 bits per heavy atom. The fourth-order valence-corrected chi connectivity index (χ4v) is 6.79. The number of aryl methyl sites for hydroxylation is 1. The van der Waals surface area contributed by atoms with Gasteiger partial charge in [-0.1, -0.05) is 38.8 Å². The molecule has 1 saturated heterocycles. The summed E-state index contributed by atoms with van der Waals surface area (Å²) in [5.74, 6) is -1.09. The van der Waals surface area contributed by atoms with Crippen molar-refractivity contribution in [3.05, 3.63) is 41.6 Å². The SMILES string of the molecule is COc1ccc2c(O[C@@H]3C[C@H]4C(=O)N[C@]5(C(=O)O)C[C@H]5/C=C\CCCCC[C@H](NC(=O)OC(C)(C)C)C(=O)N4C3)cc(C(C)C)nc2c1C. The van der Waals surface area contributed by atoms with Crippen LogP contribution in [0.3, 0.4) is 0 Å². The third-order valence-corrected chi connectivity index (χ3v) is 9.58. The van der Waals surface area contributed by atoms with Crippen LogP contribution in [0, 0.1) is 12.8 Å². The molecule has 1 saturated carbocycles. The van der Waals surface area contributed by atoms with Gasteiger partial charge in [-0.2, -0.15) is 0 Å². The van der Waals surface area contributed by atoms with E-state index in [9.17, 15) is 24.3 Å². The highest BCUT2D eigenvalue weighted by molar-refractivity contribution is 5.96. The van der Waals surface area contributed by atoms with Crippen molar-refractivity contribution in [2.24, 2.45) is 5.92 Å². The molecule has 1 aliphatic carbocycles. The number of ether oxygens (including phenoxy) is 3. The molecular weight excluding hydrogens is 628 g/mol. The summed E-state index contributed by atoms with van der Waals surface area (Å²) in [5, 5.41) is 16.5. The Labute approximate surface area is 287 Å². The fraction of sp³-hybridized carbons (Fsp3) is 0.595. The molecule has 3 amide bonds. The van der Waals surface area contributed by atoms with E-state index in [4.69, 9.17) is 19.2 Å². The van der Waals surface area contributed by atoms with E-state index in [1.165, 1.54) is 4.90 Å². The number of carboxylic acid groups (broad SMARTS) is 1. The zero-order valence-corrected chi connectivity index (χ0v) is 29.6. The van der Waals surface area contributed by atoms with Crippen molar-refractivity contribution < 1.29 is 38.5 Å². The van der Waals surface area contributed by atoms with Crippen molar-refractivity contribution in [1.29, 1.82) is 0 Å². The molecule has 2 aromatic rings. The summed E-state index contributed by atoms with van der Waals surface area (Å²) in [6.07, 6.45) is 6.34. The van der Waals surface area contributed by atoms with Gasteiger partial charge in [-0.3, -0.25) is 14.6 Å². The lowest BCUT2D eigenvalue weighted by molar-refractivity contribution is -0.145. The third-order valence-electron chi connectivity index (χ3n) is 9.58. The molecule has 5 rings (SSSR count). The molecule has 3 N–H and O–H groups in total. The number of hydrogen-bond acceptors (Lipinski definition) is 8. The molecule has 12 heteroatoms. The molecule has 12 nitrogen and oxygen atoms in total. The summed E-state index contributed by atoms with van der Waals surface area (Å²) in [5.41, 5.74) is 0.215. The second-order valence-electron chi connectivity index (χ2n) is 14.8. The highest BCUT2D eigenvalue weighted by Crippen LogP contribution is 2.45. The fourth-order valence-electron chi connectivity index (χ4n) is 6.79. The lowest BCUT2D eigenvalue weighted by Gasteiger charge is -2.30. The number of benzene rings is 1. The normalized spacial score (nSPS) is 26.9. The number of aliphatic carboxylic acids is 1. The quantitative estimate of drug-likeness (QED) is 0.341.